The number of carbonyl (C=O) groups excluding carboxylic acids is 2. The molecule has 2 heterocycles. The molecule has 0 unspecified atom stereocenters. The van der Waals surface area contributed by atoms with Gasteiger partial charge in [-0.3, -0.25) is 19.2 Å². The first-order chi connectivity index (χ1) is 16.0. The van der Waals surface area contributed by atoms with Crippen LogP contribution in [0.5, 0.6) is 5.75 Å². The van der Waals surface area contributed by atoms with Gasteiger partial charge in [0.05, 0.1) is 19.3 Å². The maximum atomic E-state index is 12.6. The minimum atomic E-state index is -3.36. The molecule has 1 amide bonds. The number of ketones is 1. The zero-order chi connectivity index (χ0) is 24.3. The van der Waals surface area contributed by atoms with Crippen LogP contribution in [0, 0.1) is 0 Å². The number of anilines is 2. The van der Waals surface area contributed by atoms with E-state index in [1.54, 1.807) is 12.1 Å². The highest BCUT2D eigenvalue weighted by Crippen LogP contribution is 2.47. The molecule has 3 aromatic carbocycles. The van der Waals surface area contributed by atoms with Crippen LogP contribution in [0.3, 0.4) is 0 Å². The van der Waals surface area contributed by atoms with E-state index in [0.29, 0.717) is 18.0 Å². The molecule has 7 nitrogen and oxygen atoms in total. The van der Waals surface area contributed by atoms with Gasteiger partial charge >= 0.3 is 0 Å². The molecule has 0 aromatic heterocycles. The maximum absolute atomic E-state index is 12.6. The van der Waals surface area contributed by atoms with Crippen molar-refractivity contribution in [1.82, 2.24) is 0 Å². The minimum absolute atomic E-state index is 0.150. The Balaban J connectivity index is 1.63. The van der Waals surface area contributed by atoms with E-state index in [1.807, 2.05) is 36.4 Å². The lowest BCUT2D eigenvalue weighted by Crippen LogP contribution is -2.31. The van der Waals surface area contributed by atoms with Gasteiger partial charge in [0.2, 0.25) is 15.9 Å². The molecular weight excluding hydrogens is 452 g/mol. The highest BCUT2D eigenvalue weighted by molar-refractivity contribution is 7.92. The van der Waals surface area contributed by atoms with Crippen LogP contribution >= 0.6 is 0 Å². The van der Waals surface area contributed by atoms with Crippen molar-refractivity contribution in [2.75, 3.05) is 22.5 Å². The summed E-state index contributed by atoms with van der Waals surface area (Å²) in [5.74, 6) is 0.318. The van der Waals surface area contributed by atoms with Crippen molar-refractivity contribution >= 4 is 43.9 Å². The Morgan fingerprint density at radius 2 is 1.74 bits per heavy atom. The lowest BCUT2D eigenvalue weighted by atomic mass is 9.84. The molecule has 5 rings (SSSR count). The first kappa shape index (κ1) is 22.2. The van der Waals surface area contributed by atoms with E-state index in [2.05, 4.69) is 18.6 Å². The topological polar surface area (TPSA) is 92.8 Å². The predicted molar refractivity (Wildman–Crippen MR) is 133 cm³/mol. The summed E-state index contributed by atoms with van der Waals surface area (Å²) in [7, 11) is -3.36. The molecule has 1 N–H and O–H groups in total. The standard InChI is InChI=1S/C26H24N2O5S/c1-26(2)15-33-25-22(12-20(13-23(25)26)28-9-8-21(29)14-24(28)30)18-5-4-17-11-19(27-34(3,31)32)7-6-16(17)10-18/h4-13,27H,14-15H2,1-3H3. The SMILES string of the molecule is CC1(C)COc2c(-c3ccc4cc(NS(C)(=O)=O)ccc4c3)cc(N3C=CC(=O)CC3=O)cc21. The van der Waals surface area contributed by atoms with Gasteiger partial charge < -0.3 is 4.74 Å². The average molecular weight is 477 g/mol. The van der Waals surface area contributed by atoms with Gasteiger partial charge in [-0.05, 0) is 52.7 Å². The van der Waals surface area contributed by atoms with E-state index < -0.39 is 10.0 Å². The van der Waals surface area contributed by atoms with E-state index in [-0.39, 0.29) is 23.5 Å². The zero-order valence-corrected chi connectivity index (χ0v) is 19.9. The summed E-state index contributed by atoms with van der Waals surface area (Å²) in [6.07, 6.45) is 3.92. The Kier molecular flexibility index (Phi) is 5.02. The number of hydrogen-bond donors (Lipinski definition) is 1. The number of sulfonamides is 1. The highest BCUT2D eigenvalue weighted by Gasteiger charge is 2.35. The number of fused-ring (bicyclic) bond motifs is 2. The Labute approximate surface area is 198 Å². The third-order valence-corrected chi connectivity index (χ3v) is 6.72. The smallest absolute Gasteiger partial charge is 0.238 e. The van der Waals surface area contributed by atoms with Crippen LogP contribution in [-0.4, -0.2) is 33.0 Å². The van der Waals surface area contributed by atoms with Crippen molar-refractivity contribution in [3.8, 4) is 16.9 Å². The van der Waals surface area contributed by atoms with Crippen molar-refractivity contribution in [3.05, 3.63) is 66.4 Å². The van der Waals surface area contributed by atoms with E-state index >= 15 is 0 Å². The number of carbonyl (C=O) groups is 2. The molecule has 0 aliphatic carbocycles. The third-order valence-electron chi connectivity index (χ3n) is 6.12. The molecule has 0 saturated carbocycles. The molecular formula is C26H24N2O5S. The minimum Gasteiger partial charge on any atom is -0.492 e. The molecule has 0 radical (unpaired) electrons. The van der Waals surface area contributed by atoms with E-state index in [4.69, 9.17) is 4.74 Å². The third kappa shape index (κ3) is 4.05. The van der Waals surface area contributed by atoms with Crippen LogP contribution in [0.25, 0.3) is 21.9 Å². The molecule has 2 aliphatic heterocycles. The Hall–Kier alpha value is -3.65. The van der Waals surface area contributed by atoms with Crippen LogP contribution in [0.4, 0.5) is 11.4 Å². The zero-order valence-electron chi connectivity index (χ0n) is 19.1. The molecule has 0 fully saturated rings. The van der Waals surface area contributed by atoms with Crippen molar-refractivity contribution < 1.29 is 22.7 Å². The number of nitrogens with one attached hydrogen (secondary N) is 1. The molecule has 0 saturated heterocycles. The number of benzene rings is 3. The molecule has 0 bridgehead atoms. The Morgan fingerprint density at radius 1 is 1.00 bits per heavy atom. The van der Waals surface area contributed by atoms with Crippen LogP contribution < -0.4 is 14.4 Å². The summed E-state index contributed by atoms with van der Waals surface area (Å²) in [6.45, 7) is 4.72. The second-order valence-electron chi connectivity index (χ2n) is 9.42. The summed E-state index contributed by atoms with van der Waals surface area (Å²) < 4.78 is 31.7. The fourth-order valence-corrected chi connectivity index (χ4v) is 4.97. The highest BCUT2D eigenvalue weighted by atomic mass is 32.2. The van der Waals surface area contributed by atoms with Crippen LogP contribution in [0.1, 0.15) is 25.8 Å². The number of hydrogen-bond acceptors (Lipinski definition) is 5. The van der Waals surface area contributed by atoms with Gasteiger partial charge in [0.15, 0.2) is 5.78 Å². The average Bonchev–Trinajstić information content (AvgIpc) is 3.06. The normalized spacial score (nSPS) is 17.1. The van der Waals surface area contributed by atoms with Gasteiger partial charge in [0.1, 0.15) is 5.75 Å². The number of allylic oxidation sites excluding steroid dienone is 1. The van der Waals surface area contributed by atoms with E-state index in [9.17, 15) is 18.0 Å². The van der Waals surface area contributed by atoms with Crippen LogP contribution in [0.2, 0.25) is 0 Å². The molecule has 8 heteroatoms. The van der Waals surface area contributed by atoms with Gasteiger partial charge in [-0.1, -0.05) is 32.0 Å². The Bertz CT molecular complexity index is 1510. The molecule has 174 valence electrons. The van der Waals surface area contributed by atoms with Crippen molar-refractivity contribution in [3.63, 3.8) is 0 Å². The quantitative estimate of drug-likeness (QED) is 0.565. The fourth-order valence-electron chi connectivity index (χ4n) is 4.41. The lowest BCUT2D eigenvalue weighted by Gasteiger charge is -2.24. The maximum Gasteiger partial charge on any atom is 0.238 e. The first-order valence-electron chi connectivity index (χ1n) is 10.9. The molecule has 0 spiro atoms. The molecule has 2 aliphatic rings. The van der Waals surface area contributed by atoms with Crippen molar-refractivity contribution in [2.45, 2.75) is 25.7 Å². The van der Waals surface area contributed by atoms with Crippen LogP contribution in [-0.2, 0) is 25.0 Å². The summed E-state index contributed by atoms with van der Waals surface area (Å²) >= 11 is 0. The number of rotatable bonds is 4. The second kappa shape index (κ2) is 7.70. The van der Waals surface area contributed by atoms with Crippen molar-refractivity contribution in [1.29, 1.82) is 0 Å². The summed E-state index contributed by atoms with van der Waals surface area (Å²) in [6, 6.07) is 15.2. The summed E-state index contributed by atoms with van der Waals surface area (Å²) in [5, 5.41) is 1.83. The van der Waals surface area contributed by atoms with E-state index in [1.165, 1.54) is 17.2 Å². The second-order valence-corrected chi connectivity index (χ2v) is 11.2. The van der Waals surface area contributed by atoms with E-state index in [0.717, 1.165) is 39.5 Å². The number of nitrogens with zero attached hydrogens (tertiary/aromatic N) is 1. The van der Waals surface area contributed by atoms with Gasteiger partial charge in [0.25, 0.3) is 0 Å². The predicted octanol–water partition coefficient (Wildman–Crippen LogP) is 4.37. The number of amides is 1. The monoisotopic (exact) mass is 476 g/mol. The van der Waals surface area contributed by atoms with Gasteiger partial charge in [0, 0.05) is 34.1 Å². The van der Waals surface area contributed by atoms with Crippen LogP contribution in [0.15, 0.2) is 60.8 Å². The van der Waals surface area contributed by atoms with Gasteiger partial charge in [-0.2, -0.15) is 0 Å². The molecule has 0 atom stereocenters. The lowest BCUT2D eigenvalue weighted by molar-refractivity contribution is -0.124. The summed E-state index contributed by atoms with van der Waals surface area (Å²) in [5.41, 5.74) is 3.73. The largest absolute Gasteiger partial charge is 0.492 e. The summed E-state index contributed by atoms with van der Waals surface area (Å²) in [4.78, 5) is 25.8. The molecule has 34 heavy (non-hydrogen) atoms. The van der Waals surface area contributed by atoms with Gasteiger partial charge in [-0.25, -0.2) is 8.42 Å². The fraction of sp³-hybridized carbons (Fsp3) is 0.231. The first-order valence-corrected chi connectivity index (χ1v) is 12.8. The van der Waals surface area contributed by atoms with Crippen molar-refractivity contribution in [2.24, 2.45) is 0 Å². The molecule has 3 aromatic rings. The number of ether oxygens (including phenoxy) is 1. The van der Waals surface area contributed by atoms with Gasteiger partial charge in [-0.15, -0.1) is 0 Å². The Morgan fingerprint density at radius 3 is 2.47 bits per heavy atom.